The third-order valence-corrected chi connectivity index (χ3v) is 14.5. The minimum atomic E-state index is 0.607. The summed E-state index contributed by atoms with van der Waals surface area (Å²) in [4.78, 5) is 20.2. The van der Waals surface area contributed by atoms with Crippen molar-refractivity contribution >= 4 is 45.1 Å². The topological polar surface area (TPSA) is 61.4 Å². The molecule has 0 spiro atoms. The summed E-state index contributed by atoms with van der Waals surface area (Å²) in [6, 6.07) is 68.5. The molecule has 0 N–H and O–H groups in total. The number of hydrogen-bond acceptors (Lipinski definition) is 4. The standard InChI is InChI=1S/C68H50N6/c1-3-18-45(4-2)67-69-59(46-19-8-5-9-20-46)43-61(70-67)48-29-35-53(36-30-48)73-63-27-16-14-25-55(63)57-39-33-51(41-65(57)73)52-34-40-58-56-26-15-17-28-64(56)74(66(58)42-52)54-37-31-49(32-38-54)62-44-60(47-21-10-6-11-22-47)71-68(72-62)50-23-12-7-13-24-50/h3-14,16-25,27-33,35-39,41-44H,1-2,15,26,34,40H2/b45-18+. The molecule has 0 amide bonds. The minimum Gasteiger partial charge on any atom is -0.310 e. The van der Waals surface area contributed by atoms with E-state index in [-0.39, 0.29) is 0 Å². The first-order chi connectivity index (χ1) is 36.6. The fourth-order valence-electron chi connectivity index (χ4n) is 10.9. The second kappa shape index (κ2) is 18.9. The van der Waals surface area contributed by atoms with Crippen molar-refractivity contribution < 1.29 is 0 Å². The molecule has 0 saturated carbocycles. The number of hydrogen-bond donors (Lipinski definition) is 0. The summed E-state index contributed by atoms with van der Waals surface area (Å²) in [5.41, 5.74) is 22.0. The number of aromatic nitrogens is 6. The number of allylic oxidation sites excluding steroid dienone is 6. The average molecular weight is 951 g/mol. The quantitative estimate of drug-likeness (QED) is 0.121. The first kappa shape index (κ1) is 44.4. The zero-order valence-electron chi connectivity index (χ0n) is 40.9. The van der Waals surface area contributed by atoms with Gasteiger partial charge in [-0.05, 0) is 109 Å². The molecule has 74 heavy (non-hydrogen) atoms. The lowest BCUT2D eigenvalue weighted by atomic mass is 9.88. The first-order valence-corrected chi connectivity index (χ1v) is 25.4. The second-order valence-electron chi connectivity index (χ2n) is 18.9. The fraction of sp³-hybridized carbons (Fsp3) is 0.0588. The van der Waals surface area contributed by atoms with Gasteiger partial charge >= 0.3 is 0 Å². The van der Waals surface area contributed by atoms with Gasteiger partial charge in [-0.15, -0.1) is 0 Å². The third-order valence-electron chi connectivity index (χ3n) is 14.5. The maximum Gasteiger partial charge on any atom is 0.160 e. The number of fused-ring (bicyclic) bond motifs is 6. The molecule has 0 aliphatic heterocycles. The first-order valence-electron chi connectivity index (χ1n) is 25.4. The van der Waals surface area contributed by atoms with Crippen molar-refractivity contribution in [2.24, 2.45) is 0 Å². The summed E-state index contributed by atoms with van der Waals surface area (Å²) in [6.07, 6.45) is 16.6. The number of benzene rings is 7. The molecule has 0 unspecified atom stereocenters. The lowest BCUT2D eigenvalue weighted by Crippen LogP contribution is -2.04. The van der Waals surface area contributed by atoms with E-state index in [4.69, 9.17) is 19.9 Å². The van der Waals surface area contributed by atoms with Crippen LogP contribution in [0.4, 0.5) is 0 Å². The van der Waals surface area contributed by atoms with Gasteiger partial charge in [0.15, 0.2) is 11.6 Å². The zero-order chi connectivity index (χ0) is 49.5. The Bertz CT molecular complexity index is 4000. The maximum atomic E-state index is 5.13. The molecule has 11 aromatic rings. The molecule has 7 aromatic carbocycles. The van der Waals surface area contributed by atoms with E-state index in [9.17, 15) is 0 Å². The Labute approximate surface area is 431 Å². The average Bonchev–Trinajstić information content (AvgIpc) is 3.99. The largest absolute Gasteiger partial charge is 0.310 e. The second-order valence-corrected chi connectivity index (χ2v) is 18.9. The zero-order valence-corrected chi connectivity index (χ0v) is 40.9. The van der Waals surface area contributed by atoms with Gasteiger partial charge < -0.3 is 9.13 Å². The predicted molar refractivity (Wildman–Crippen MR) is 307 cm³/mol. The van der Waals surface area contributed by atoms with Crippen molar-refractivity contribution in [1.29, 1.82) is 0 Å². The highest BCUT2D eigenvalue weighted by Gasteiger charge is 2.27. The molecular formula is C68H50N6. The van der Waals surface area contributed by atoms with Crippen LogP contribution in [0.2, 0.25) is 0 Å². The lowest BCUT2D eigenvalue weighted by Gasteiger charge is -2.18. The fourth-order valence-corrected chi connectivity index (χ4v) is 10.9. The van der Waals surface area contributed by atoms with E-state index >= 15 is 0 Å². The van der Waals surface area contributed by atoms with E-state index in [1.54, 1.807) is 12.2 Å². The summed E-state index contributed by atoms with van der Waals surface area (Å²) < 4.78 is 4.90. The van der Waals surface area contributed by atoms with Gasteiger partial charge in [0.05, 0.1) is 33.8 Å². The van der Waals surface area contributed by atoms with Gasteiger partial charge in [-0.2, -0.15) is 0 Å². The van der Waals surface area contributed by atoms with E-state index in [2.05, 4.69) is 192 Å². The molecule has 0 radical (unpaired) electrons. The highest BCUT2D eigenvalue weighted by molar-refractivity contribution is 6.10. The Morgan fingerprint density at radius 2 is 0.973 bits per heavy atom. The molecule has 0 saturated heterocycles. The van der Waals surface area contributed by atoms with Crippen molar-refractivity contribution in [2.45, 2.75) is 25.7 Å². The predicted octanol–water partition coefficient (Wildman–Crippen LogP) is 16.7. The summed E-state index contributed by atoms with van der Waals surface area (Å²) in [6.45, 7) is 7.96. The van der Waals surface area contributed by atoms with E-state index in [1.807, 2.05) is 48.5 Å². The number of nitrogens with zero attached hydrogens (tertiary/aromatic N) is 6. The van der Waals surface area contributed by atoms with Crippen LogP contribution in [0.3, 0.4) is 0 Å². The van der Waals surface area contributed by atoms with Crippen molar-refractivity contribution in [3.05, 3.63) is 265 Å². The summed E-state index contributed by atoms with van der Waals surface area (Å²) in [5.74, 6) is 1.32. The Morgan fingerprint density at radius 3 is 1.59 bits per heavy atom. The Kier molecular flexibility index (Phi) is 11.4. The van der Waals surface area contributed by atoms with Gasteiger partial charge in [0.1, 0.15) is 0 Å². The Morgan fingerprint density at radius 1 is 0.446 bits per heavy atom. The Balaban J connectivity index is 0.878. The lowest BCUT2D eigenvalue weighted by molar-refractivity contribution is 0.928. The molecule has 352 valence electrons. The molecule has 13 rings (SSSR count). The molecule has 0 fully saturated rings. The summed E-state index contributed by atoms with van der Waals surface area (Å²) in [7, 11) is 0. The van der Waals surface area contributed by atoms with E-state index in [1.165, 1.54) is 55.5 Å². The van der Waals surface area contributed by atoms with Crippen LogP contribution in [-0.4, -0.2) is 29.1 Å². The molecule has 0 bridgehead atoms. The van der Waals surface area contributed by atoms with E-state index < -0.39 is 0 Å². The van der Waals surface area contributed by atoms with E-state index in [0.717, 1.165) is 93.2 Å². The van der Waals surface area contributed by atoms with Crippen LogP contribution >= 0.6 is 0 Å². The number of para-hydroxylation sites is 1. The van der Waals surface area contributed by atoms with Crippen LogP contribution in [0.15, 0.2) is 232 Å². The number of rotatable bonds is 11. The molecule has 6 heteroatoms. The highest BCUT2D eigenvalue weighted by atomic mass is 15.0. The highest BCUT2D eigenvalue weighted by Crippen LogP contribution is 2.42. The van der Waals surface area contributed by atoms with Crippen molar-refractivity contribution in [2.75, 3.05) is 0 Å². The molecule has 2 aliphatic carbocycles. The van der Waals surface area contributed by atoms with Gasteiger partial charge in [0.2, 0.25) is 0 Å². The van der Waals surface area contributed by atoms with Crippen LogP contribution in [0.5, 0.6) is 0 Å². The van der Waals surface area contributed by atoms with Crippen molar-refractivity contribution in [3.63, 3.8) is 0 Å². The summed E-state index contributed by atoms with van der Waals surface area (Å²) >= 11 is 0. The van der Waals surface area contributed by atoms with Gasteiger partial charge in [-0.25, -0.2) is 19.9 Å². The smallest absolute Gasteiger partial charge is 0.160 e. The van der Waals surface area contributed by atoms with Crippen LogP contribution in [0.25, 0.3) is 113 Å². The monoisotopic (exact) mass is 950 g/mol. The third kappa shape index (κ3) is 8.03. The molecule has 4 aromatic heterocycles. The molecule has 6 nitrogen and oxygen atoms in total. The van der Waals surface area contributed by atoms with Crippen molar-refractivity contribution in [3.8, 4) is 67.8 Å². The Hall–Kier alpha value is -9.52. The van der Waals surface area contributed by atoms with Crippen LogP contribution in [0, 0.1) is 0 Å². The van der Waals surface area contributed by atoms with E-state index in [0.29, 0.717) is 11.6 Å². The molecule has 0 atom stereocenters. The van der Waals surface area contributed by atoms with Gasteiger partial charge in [-0.1, -0.05) is 183 Å². The maximum absolute atomic E-state index is 5.13. The molecule has 4 heterocycles. The van der Waals surface area contributed by atoms with Gasteiger partial charge in [-0.3, -0.25) is 0 Å². The van der Waals surface area contributed by atoms with Crippen LogP contribution in [-0.2, 0) is 12.8 Å². The van der Waals surface area contributed by atoms with Crippen molar-refractivity contribution in [1.82, 2.24) is 29.1 Å². The SMILES string of the molecule is C=C/C=C(\C=C)c1nc(-c2ccccc2)cc(-c2ccc(-n3c4ccccc4c4ccc(C5=Cc6c(c7c(n6-c6ccc(-c8cc(-c9ccccc9)nc(-c9ccccc9)n8)cc6)C=CCC7)CC5)cc43)cc2)n1. The van der Waals surface area contributed by atoms with Gasteiger partial charge in [0.25, 0.3) is 0 Å². The van der Waals surface area contributed by atoms with Gasteiger partial charge in [0, 0.05) is 66.9 Å². The van der Waals surface area contributed by atoms with Crippen LogP contribution < -0.4 is 0 Å². The molecule has 2 aliphatic rings. The summed E-state index contributed by atoms with van der Waals surface area (Å²) in [5, 5.41) is 2.45. The normalized spacial score (nSPS) is 13.1. The molecular weight excluding hydrogens is 901 g/mol. The minimum absolute atomic E-state index is 0.607. The van der Waals surface area contributed by atoms with Crippen LogP contribution in [0.1, 0.15) is 46.7 Å².